The van der Waals surface area contributed by atoms with E-state index in [9.17, 15) is 10.2 Å². The van der Waals surface area contributed by atoms with Crippen molar-refractivity contribution in [2.24, 2.45) is 22.7 Å². The molecule has 1 aromatic carbocycles. The molecule has 2 heteroatoms. The number of hydrogen-bond donors (Lipinski definition) is 2. The van der Waals surface area contributed by atoms with E-state index in [0.29, 0.717) is 23.5 Å². The maximum Gasteiger partial charge on any atom is 0.115 e. The molecule has 0 saturated heterocycles. The van der Waals surface area contributed by atoms with Crippen LogP contribution in [0.25, 0.3) is 0 Å². The van der Waals surface area contributed by atoms with Gasteiger partial charge in [-0.1, -0.05) is 25.1 Å². The molecule has 1 spiro atoms. The zero-order chi connectivity index (χ0) is 15.8. The summed E-state index contributed by atoms with van der Waals surface area (Å²) < 4.78 is 0. The van der Waals surface area contributed by atoms with E-state index >= 15 is 0 Å². The normalized spacial score (nSPS) is 46.9. The Hall–Kier alpha value is -1.28. The van der Waals surface area contributed by atoms with E-state index in [4.69, 9.17) is 0 Å². The molecule has 6 rings (SSSR count). The zero-order valence-electron chi connectivity index (χ0n) is 13.8. The Morgan fingerprint density at radius 1 is 1.13 bits per heavy atom. The molecule has 2 N–H and O–H groups in total. The predicted molar refractivity (Wildman–Crippen MR) is 90.3 cm³/mol. The Morgan fingerprint density at radius 2 is 2.00 bits per heavy atom. The molecule has 2 bridgehead atoms. The number of rotatable bonds is 0. The third-order valence-electron chi connectivity index (χ3n) is 8.03. The number of allylic oxidation sites excluding steroid dienone is 1. The summed E-state index contributed by atoms with van der Waals surface area (Å²) in [6, 6.07) is 5.99. The number of fused-ring (bicyclic) bond motifs is 4. The van der Waals surface area contributed by atoms with Crippen molar-refractivity contribution in [2.45, 2.75) is 57.5 Å². The van der Waals surface area contributed by atoms with Crippen LogP contribution in [0, 0.1) is 22.7 Å². The Bertz CT molecular complexity index is 693. The highest BCUT2D eigenvalue weighted by Gasteiger charge is 2.64. The van der Waals surface area contributed by atoms with E-state index in [1.165, 1.54) is 30.4 Å². The van der Waals surface area contributed by atoms with Crippen LogP contribution in [-0.2, 0) is 6.42 Å². The topological polar surface area (TPSA) is 40.5 Å². The quantitative estimate of drug-likeness (QED) is 0.706. The highest BCUT2D eigenvalue weighted by Crippen LogP contribution is 2.70. The Labute approximate surface area is 138 Å². The van der Waals surface area contributed by atoms with Crippen LogP contribution in [-0.4, -0.2) is 16.3 Å². The summed E-state index contributed by atoms with van der Waals surface area (Å²) in [5.74, 6) is 2.02. The predicted octanol–water partition coefficient (Wildman–Crippen LogP) is 4.17. The third kappa shape index (κ3) is 1.58. The average molecular weight is 310 g/mol. The molecule has 5 aliphatic rings. The molecule has 2 saturated carbocycles. The molecule has 5 aliphatic carbocycles. The van der Waals surface area contributed by atoms with Gasteiger partial charge in [-0.2, -0.15) is 0 Å². The average Bonchev–Trinajstić information content (AvgIpc) is 2.57. The second-order valence-electron chi connectivity index (χ2n) is 8.64. The third-order valence-corrected chi connectivity index (χ3v) is 8.03. The maximum atomic E-state index is 11.0. The van der Waals surface area contributed by atoms with Crippen LogP contribution in [0.4, 0.5) is 0 Å². The summed E-state index contributed by atoms with van der Waals surface area (Å²) in [4.78, 5) is 0. The summed E-state index contributed by atoms with van der Waals surface area (Å²) in [6.45, 7) is 2.36. The van der Waals surface area contributed by atoms with Gasteiger partial charge in [-0.15, -0.1) is 0 Å². The van der Waals surface area contributed by atoms with Crippen LogP contribution in [0.5, 0.6) is 5.75 Å². The highest BCUT2D eigenvalue weighted by atomic mass is 16.3. The highest BCUT2D eigenvalue weighted by molar-refractivity contribution is 5.42. The minimum atomic E-state index is -0.164. The lowest BCUT2D eigenvalue weighted by atomic mass is 9.39. The van der Waals surface area contributed by atoms with Crippen LogP contribution >= 0.6 is 0 Å². The Morgan fingerprint density at radius 3 is 2.78 bits per heavy atom. The minimum absolute atomic E-state index is 0.0558. The van der Waals surface area contributed by atoms with Gasteiger partial charge in [-0.3, -0.25) is 0 Å². The SMILES string of the molecule is C[C@]12CCC3c4ccc(O)cc4CCC3[C@@]13C=C[C@@H](CC3)[C@@H]2O. The van der Waals surface area contributed by atoms with Gasteiger partial charge in [0.25, 0.3) is 0 Å². The maximum absolute atomic E-state index is 11.0. The molecule has 0 amide bonds. The van der Waals surface area contributed by atoms with Crippen LogP contribution in [0.1, 0.15) is 56.1 Å². The van der Waals surface area contributed by atoms with Crippen LogP contribution < -0.4 is 0 Å². The van der Waals surface area contributed by atoms with Gasteiger partial charge in [0.1, 0.15) is 5.75 Å². The van der Waals surface area contributed by atoms with Crippen molar-refractivity contribution in [1.82, 2.24) is 0 Å². The molecule has 2 fully saturated rings. The number of benzene rings is 1. The number of aromatic hydroxyl groups is 1. The molecule has 2 nitrogen and oxygen atoms in total. The molecule has 0 heterocycles. The number of aryl methyl sites for hydroxylation is 1. The van der Waals surface area contributed by atoms with E-state index in [0.717, 1.165) is 19.3 Å². The summed E-state index contributed by atoms with van der Waals surface area (Å²) in [6.07, 6.45) is 11.6. The Kier molecular flexibility index (Phi) is 2.71. The fourth-order valence-corrected chi connectivity index (χ4v) is 6.81. The summed E-state index contributed by atoms with van der Waals surface area (Å²) >= 11 is 0. The van der Waals surface area contributed by atoms with Gasteiger partial charge < -0.3 is 10.2 Å². The largest absolute Gasteiger partial charge is 0.508 e. The second kappa shape index (κ2) is 4.42. The van der Waals surface area contributed by atoms with Crippen LogP contribution in [0.3, 0.4) is 0 Å². The first kappa shape index (κ1) is 14.1. The van der Waals surface area contributed by atoms with Crippen molar-refractivity contribution in [1.29, 1.82) is 0 Å². The van der Waals surface area contributed by atoms with Gasteiger partial charge in [-0.05, 0) is 79.0 Å². The fraction of sp³-hybridized carbons (Fsp3) is 0.619. The molecule has 0 aliphatic heterocycles. The van der Waals surface area contributed by atoms with Crippen molar-refractivity contribution in [3.8, 4) is 5.75 Å². The van der Waals surface area contributed by atoms with Gasteiger partial charge in [0.15, 0.2) is 0 Å². The van der Waals surface area contributed by atoms with Crippen molar-refractivity contribution in [3.63, 3.8) is 0 Å². The monoisotopic (exact) mass is 310 g/mol. The van der Waals surface area contributed by atoms with E-state index in [1.807, 2.05) is 12.1 Å². The van der Waals surface area contributed by atoms with Gasteiger partial charge in [0, 0.05) is 11.3 Å². The molecule has 1 aromatic rings. The van der Waals surface area contributed by atoms with E-state index in [1.54, 1.807) is 0 Å². The standard InChI is InChI=1S/C21H26O2/c1-20-9-8-17-16-4-3-15(22)12-14(16)2-5-18(17)21(20)10-6-13(7-11-21)19(20)23/h3-4,6,10,12-13,17-19,22-23H,2,5,7-9,11H2,1H3/t13-,17?,18?,19-,20+,21-/m0/s1. The molecular formula is C21H26O2. The van der Waals surface area contributed by atoms with E-state index in [-0.39, 0.29) is 16.9 Å². The first-order valence-electron chi connectivity index (χ1n) is 9.24. The number of hydrogen-bond acceptors (Lipinski definition) is 2. The molecule has 122 valence electrons. The number of phenols is 1. The van der Waals surface area contributed by atoms with Crippen LogP contribution in [0.2, 0.25) is 0 Å². The van der Waals surface area contributed by atoms with Crippen molar-refractivity contribution < 1.29 is 10.2 Å². The molecule has 6 atom stereocenters. The minimum Gasteiger partial charge on any atom is -0.508 e. The Balaban J connectivity index is 1.64. The lowest BCUT2D eigenvalue weighted by Gasteiger charge is -2.66. The molecule has 2 unspecified atom stereocenters. The van der Waals surface area contributed by atoms with E-state index in [2.05, 4.69) is 25.1 Å². The van der Waals surface area contributed by atoms with Gasteiger partial charge in [0.05, 0.1) is 6.10 Å². The zero-order valence-corrected chi connectivity index (χ0v) is 13.8. The molecule has 23 heavy (non-hydrogen) atoms. The smallest absolute Gasteiger partial charge is 0.115 e. The second-order valence-corrected chi connectivity index (χ2v) is 8.64. The summed E-state index contributed by atoms with van der Waals surface area (Å²) in [5.41, 5.74) is 3.05. The van der Waals surface area contributed by atoms with Gasteiger partial charge >= 0.3 is 0 Å². The lowest BCUT2D eigenvalue weighted by Crippen LogP contribution is -2.62. The first-order valence-corrected chi connectivity index (χ1v) is 9.24. The van der Waals surface area contributed by atoms with Crippen molar-refractivity contribution in [3.05, 3.63) is 41.5 Å². The first-order chi connectivity index (χ1) is 11.1. The number of aliphatic hydroxyl groups is 1. The summed E-state index contributed by atoms with van der Waals surface area (Å²) in [7, 11) is 0. The van der Waals surface area contributed by atoms with Crippen molar-refractivity contribution >= 4 is 0 Å². The molecule has 0 radical (unpaired) electrons. The van der Waals surface area contributed by atoms with E-state index < -0.39 is 0 Å². The van der Waals surface area contributed by atoms with Crippen LogP contribution in [0.15, 0.2) is 30.4 Å². The fourth-order valence-electron chi connectivity index (χ4n) is 6.81. The van der Waals surface area contributed by atoms with Crippen molar-refractivity contribution in [2.75, 3.05) is 0 Å². The molecule has 0 aromatic heterocycles. The number of aliphatic hydroxyl groups excluding tert-OH is 1. The lowest BCUT2D eigenvalue weighted by molar-refractivity contribution is -0.166. The molecular weight excluding hydrogens is 284 g/mol. The summed E-state index contributed by atoms with van der Waals surface area (Å²) in [5, 5.41) is 20.8. The van der Waals surface area contributed by atoms with Gasteiger partial charge in [0.2, 0.25) is 0 Å². The van der Waals surface area contributed by atoms with Gasteiger partial charge in [-0.25, -0.2) is 0 Å². The number of phenolic OH excluding ortho intramolecular Hbond substituents is 1.